The molecule has 0 aromatic carbocycles. The van der Waals surface area contributed by atoms with Crippen LogP contribution in [0.25, 0.3) is 11.4 Å². The molecule has 0 spiro atoms. The molecule has 1 aliphatic rings. The van der Waals surface area contributed by atoms with Crippen molar-refractivity contribution in [3.63, 3.8) is 0 Å². The summed E-state index contributed by atoms with van der Waals surface area (Å²) in [5, 5.41) is 13.4. The fourth-order valence-corrected chi connectivity index (χ4v) is 2.72. The quantitative estimate of drug-likeness (QED) is 0.854. The minimum Gasteiger partial charge on any atom is -0.465 e. The van der Waals surface area contributed by atoms with Gasteiger partial charge in [-0.2, -0.15) is 10.1 Å². The van der Waals surface area contributed by atoms with Gasteiger partial charge < -0.3 is 20.6 Å². The van der Waals surface area contributed by atoms with Crippen molar-refractivity contribution in [3.05, 3.63) is 18.3 Å². The van der Waals surface area contributed by atoms with Crippen LogP contribution in [0.5, 0.6) is 0 Å². The van der Waals surface area contributed by atoms with E-state index in [-0.39, 0.29) is 12.0 Å². The van der Waals surface area contributed by atoms with Crippen LogP contribution >= 0.6 is 0 Å². The molecule has 0 aliphatic carbocycles. The lowest BCUT2D eigenvalue weighted by atomic mass is 10.2. The lowest BCUT2D eigenvalue weighted by molar-refractivity contribution is 0.142. The molecule has 2 aromatic rings. The van der Waals surface area contributed by atoms with Gasteiger partial charge in [0.25, 0.3) is 0 Å². The number of carbonyl (C=O) groups is 1. The van der Waals surface area contributed by atoms with Crippen molar-refractivity contribution in [2.45, 2.75) is 12.5 Å². The molecule has 3 heterocycles. The van der Waals surface area contributed by atoms with Gasteiger partial charge in [-0.15, -0.1) is 0 Å². The zero-order valence-corrected chi connectivity index (χ0v) is 13.0. The van der Waals surface area contributed by atoms with Gasteiger partial charge in [-0.1, -0.05) is 0 Å². The summed E-state index contributed by atoms with van der Waals surface area (Å²) in [6.45, 7) is 1.31. The number of aryl methyl sites for hydroxylation is 1. The minimum absolute atomic E-state index is 0.0537. The molecule has 1 amide bonds. The third-order valence-electron chi connectivity index (χ3n) is 4.04. The Kier molecular flexibility index (Phi) is 3.77. The Bertz CT molecular complexity index is 730. The number of amides is 1. The van der Waals surface area contributed by atoms with Gasteiger partial charge in [-0.05, 0) is 12.5 Å². The normalized spacial score (nSPS) is 17.5. The van der Waals surface area contributed by atoms with Crippen LogP contribution in [-0.2, 0) is 7.05 Å². The average molecular weight is 317 g/mol. The Balaban J connectivity index is 1.84. The first-order chi connectivity index (χ1) is 10.9. The standard InChI is InChI=1S/C14H19N7O2/c1-19-5-4-10(18-19)11-7-12(17-13(15)16-11)21-6-3-9(8-21)20(2)14(22)23/h4-5,7,9H,3,6,8H2,1-2H3,(H,22,23)(H2,15,16,17)/t9-/m1/s1. The molecule has 3 rings (SSSR count). The molecular formula is C14H19N7O2. The van der Waals surface area contributed by atoms with E-state index in [4.69, 9.17) is 10.8 Å². The topological polar surface area (TPSA) is 113 Å². The first-order valence-corrected chi connectivity index (χ1v) is 7.29. The average Bonchev–Trinajstić information content (AvgIpc) is 3.14. The smallest absolute Gasteiger partial charge is 0.407 e. The van der Waals surface area contributed by atoms with Crippen molar-refractivity contribution in [2.24, 2.45) is 7.05 Å². The van der Waals surface area contributed by atoms with Gasteiger partial charge in [0, 0.05) is 39.4 Å². The number of carboxylic acid groups (broad SMARTS) is 1. The minimum atomic E-state index is -0.923. The maximum Gasteiger partial charge on any atom is 0.407 e. The largest absolute Gasteiger partial charge is 0.465 e. The third kappa shape index (κ3) is 3.03. The van der Waals surface area contributed by atoms with Crippen molar-refractivity contribution in [1.29, 1.82) is 0 Å². The van der Waals surface area contributed by atoms with Crippen LogP contribution in [0.2, 0.25) is 0 Å². The highest BCUT2D eigenvalue weighted by Crippen LogP contribution is 2.25. The van der Waals surface area contributed by atoms with Crippen LogP contribution in [0.1, 0.15) is 6.42 Å². The third-order valence-corrected chi connectivity index (χ3v) is 4.04. The van der Waals surface area contributed by atoms with E-state index in [2.05, 4.69) is 15.1 Å². The number of rotatable bonds is 3. The molecule has 2 aromatic heterocycles. The van der Waals surface area contributed by atoms with E-state index in [0.29, 0.717) is 18.1 Å². The molecule has 122 valence electrons. The molecular weight excluding hydrogens is 298 g/mol. The number of aromatic nitrogens is 4. The van der Waals surface area contributed by atoms with E-state index in [1.807, 2.05) is 30.3 Å². The maximum absolute atomic E-state index is 11.1. The molecule has 3 N–H and O–H groups in total. The Labute approximate surface area is 133 Å². The van der Waals surface area contributed by atoms with Crippen molar-refractivity contribution in [2.75, 3.05) is 30.8 Å². The summed E-state index contributed by atoms with van der Waals surface area (Å²) in [5.74, 6) is 0.873. The summed E-state index contributed by atoms with van der Waals surface area (Å²) in [6.07, 6.45) is 1.67. The van der Waals surface area contributed by atoms with Gasteiger partial charge in [0.2, 0.25) is 5.95 Å². The fourth-order valence-electron chi connectivity index (χ4n) is 2.72. The molecule has 23 heavy (non-hydrogen) atoms. The number of nitrogens with zero attached hydrogens (tertiary/aromatic N) is 6. The zero-order chi connectivity index (χ0) is 16.6. The maximum atomic E-state index is 11.1. The SMILES string of the molecule is CN(C(=O)O)[C@@H]1CCN(c2cc(-c3ccn(C)n3)nc(N)n2)C1. The van der Waals surface area contributed by atoms with Gasteiger partial charge in [0.1, 0.15) is 11.5 Å². The highest BCUT2D eigenvalue weighted by Gasteiger charge is 2.29. The van der Waals surface area contributed by atoms with Crippen molar-refractivity contribution in [1.82, 2.24) is 24.6 Å². The lowest BCUT2D eigenvalue weighted by Gasteiger charge is -2.22. The fraction of sp³-hybridized carbons (Fsp3) is 0.429. The number of anilines is 2. The molecule has 0 bridgehead atoms. The molecule has 0 unspecified atom stereocenters. The molecule has 0 saturated carbocycles. The molecule has 1 saturated heterocycles. The van der Waals surface area contributed by atoms with E-state index in [0.717, 1.165) is 18.7 Å². The highest BCUT2D eigenvalue weighted by molar-refractivity contribution is 5.65. The summed E-state index contributed by atoms with van der Waals surface area (Å²) in [4.78, 5) is 22.9. The van der Waals surface area contributed by atoms with E-state index in [1.54, 1.807) is 11.7 Å². The van der Waals surface area contributed by atoms with Crippen molar-refractivity contribution >= 4 is 17.9 Å². The van der Waals surface area contributed by atoms with Crippen molar-refractivity contribution < 1.29 is 9.90 Å². The van der Waals surface area contributed by atoms with Crippen LogP contribution in [0, 0.1) is 0 Å². The summed E-state index contributed by atoms with van der Waals surface area (Å²) in [6, 6.07) is 3.64. The molecule has 9 nitrogen and oxygen atoms in total. The van der Waals surface area contributed by atoms with Crippen LogP contribution in [0.4, 0.5) is 16.6 Å². The highest BCUT2D eigenvalue weighted by atomic mass is 16.4. The Morgan fingerprint density at radius 2 is 2.22 bits per heavy atom. The second-order valence-corrected chi connectivity index (χ2v) is 5.63. The summed E-state index contributed by atoms with van der Waals surface area (Å²) >= 11 is 0. The van der Waals surface area contributed by atoms with Gasteiger partial charge in [0.05, 0.1) is 11.7 Å². The predicted molar refractivity (Wildman–Crippen MR) is 85.1 cm³/mol. The Hall–Kier alpha value is -2.84. The monoisotopic (exact) mass is 317 g/mol. The van der Waals surface area contributed by atoms with Crippen LogP contribution < -0.4 is 10.6 Å². The number of hydrogen-bond acceptors (Lipinski definition) is 6. The second kappa shape index (κ2) is 5.75. The van der Waals surface area contributed by atoms with Crippen LogP contribution in [0.15, 0.2) is 18.3 Å². The number of likely N-dealkylation sites (N-methyl/N-ethyl adjacent to an activating group) is 1. The molecule has 1 fully saturated rings. The molecule has 9 heteroatoms. The van der Waals surface area contributed by atoms with E-state index < -0.39 is 6.09 Å². The Morgan fingerprint density at radius 1 is 1.43 bits per heavy atom. The Morgan fingerprint density at radius 3 is 2.87 bits per heavy atom. The van der Waals surface area contributed by atoms with Crippen molar-refractivity contribution in [3.8, 4) is 11.4 Å². The lowest BCUT2D eigenvalue weighted by Crippen LogP contribution is -2.38. The first kappa shape index (κ1) is 15.1. The summed E-state index contributed by atoms with van der Waals surface area (Å²) in [7, 11) is 3.42. The molecule has 1 aliphatic heterocycles. The van der Waals surface area contributed by atoms with Gasteiger partial charge in [-0.25, -0.2) is 9.78 Å². The zero-order valence-electron chi connectivity index (χ0n) is 13.0. The molecule has 0 radical (unpaired) electrons. The van der Waals surface area contributed by atoms with E-state index in [9.17, 15) is 4.79 Å². The second-order valence-electron chi connectivity index (χ2n) is 5.63. The number of nitrogens with two attached hydrogens (primary N) is 1. The van der Waals surface area contributed by atoms with Gasteiger partial charge >= 0.3 is 6.09 Å². The van der Waals surface area contributed by atoms with E-state index in [1.165, 1.54) is 4.90 Å². The van der Waals surface area contributed by atoms with Crippen LogP contribution in [-0.4, -0.2) is 62.0 Å². The van der Waals surface area contributed by atoms with E-state index >= 15 is 0 Å². The first-order valence-electron chi connectivity index (χ1n) is 7.29. The summed E-state index contributed by atoms with van der Waals surface area (Å²) < 4.78 is 1.70. The summed E-state index contributed by atoms with van der Waals surface area (Å²) in [5.41, 5.74) is 7.20. The van der Waals surface area contributed by atoms with Gasteiger partial charge in [0.15, 0.2) is 0 Å². The predicted octanol–water partition coefficient (Wildman–Crippen LogP) is 0.648. The number of nitrogen functional groups attached to an aromatic ring is 1. The molecule has 1 atom stereocenters. The van der Waals surface area contributed by atoms with Gasteiger partial charge in [-0.3, -0.25) is 4.68 Å². The number of hydrogen-bond donors (Lipinski definition) is 2. The van der Waals surface area contributed by atoms with Crippen LogP contribution in [0.3, 0.4) is 0 Å².